The van der Waals surface area contributed by atoms with E-state index in [-0.39, 0.29) is 10.8 Å². The Hall–Kier alpha value is -4.17. The highest BCUT2D eigenvalue weighted by Crippen LogP contribution is 2.51. The van der Waals surface area contributed by atoms with Crippen LogP contribution in [0.5, 0.6) is 0 Å². The molecule has 2 nitrogen and oxygen atoms in total. The van der Waals surface area contributed by atoms with E-state index in [2.05, 4.69) is 161 Å². The predicted molar refractivity (Wildman–Crippen MR) is 249 cm³/mol. The molecule has 0 saturated carbocycles. The van der Waals surface area contributed by atoms with Crippen LogP contribution in [0.4, 0.5) is 11.4 Å². The molecule has 0 amide bonds. The van der Waals surface area contributed by atoms with Crippen molar-refractivity contribution in [2.24, 2.45) is 5.92 Å². The molecule has 0 bridgehead atoms. The predicted octanol–water partition coefficient (Wildman–Crippen LogP) is 15.8. The summed E-state index contributed by atoms with van der Waals surface area (Å²) < 4.78 is 2.40. The summed E-state index contributed by atoms with van der Waals surface area (Å²) in [5.41, 5.74) is 11.1. The van der Waals surface area contributed by atoms with Gasteiger partial charge in [-0.25, -0.2) is 0 Å². The zero-order chi connectivity index (χ0) is 40.9. The zero-order valence-corrected chi connectivity index (χ0v) is 37.5. The van der Waals surface area contributed by atoms with E-state index in [0.29, 0.717) is 5.92 Å². The molecule has 1 aliphatic carbocycles. The topological polar surface area (TPSA) is 6.25 Å². The lowest BCUT2D eigenvalue weighted by molar-refractivity contribution is -0.401. The minimum absolute atomic E-state index is 0.0638. The molecule has 0 saturated heterocycles. The van der Waals surface area contributed by atoms with Gasteiger partial charge in [0.15, 0.2) is 5.71 Å². The monoisotopic (exact) mass is 740 g/mol. The molecule has 2 heteroatoms. The van der Waals surface area contributed by atoms with Crippen LogP contribution in [0, 0.1) is 5.92 Å². The van der Waals surface area contributed by atoms with Crippen molar-refractivity contribution >= 4 is 38.6 Å². The van der Waals surface area contributed by atoms with Crippen LogP contribution >= 0.6 is 0 Å². The second kappa shape index (κ2) is 20.7. The largest absolute Gasteiger partial charge is 0.344 e. The Morgan fingerprint density at radius 3 is 1.89 bits per heavy atom. The first kappa shape index (κ1) is 45.2. The average molecular weight is 740 g/mol. The van der Waals surface area contributed by atoms with Gasteiger partial charge in [0, 0.05) is 41.1 Å². The van der Waals surface area contributed by atoms with Gasteiger partial charge < -0.3 is 4.90 Å². The van der Waals surface area contributed by atoms with Crippen molar-refractivity contribution in [3.05, 3.63) is 131 Å². The molecule has 0 spiro atoms. The van der Waals surface area contributed by atoms with Gasteiger partial charge in [-0.3, -0.25) is 0 Å². The number of anilines is 1. The number of hydrogen-bond acceptors (Lipinski definition) is 1. The summed E-state index contributed by atoms with van der Waals surface area (Å²) in [7, 11) is 2.23. The van der Waals surface area contributed by atoms with Crippen LogP contribution < -0.4 is 4.90 Å². The van der Waals surface area contributed by atoms with Gasteiger partial charge >= 0.3 is 0 Å². The van der Waals surface area contributed by atoms with Crippen LogP contribution in [0.2, 0.25) is 0 Å². The van der Waals surface area contributed by atoms with Gasteiger partial charge in [-0.15, -0.1) is 0 Å². The van der Waals surface area contributed by atoms with Gasteiger partial charge in [0.1, 0.15) is 7.05 Å². The van der Waals surface area contributed by atoms with Crippen molar-refractivity contribution in [2.75, 3.05) is 18.5 Å². The molecule has 296 valence electrons. The Kier molecular flexibility index (Phi) is 17.0. The fourth-order valence-electron chi connectivity index (χ4n) is 8.54. The first-order chi connectivity index (χ1) is 26.6. The Morgan fingerprint density at radius 1 is 0.691 bits per heavy atom. The first-order valence-corrected chi connectivity index (χ1v) is 21.8. The highest BCUT2D eigenvalue weighted by molar-refractivity contribution is 6.07. The highest BCUT2D eigenvalue weighted by Gasteiger charge is 2.44. The standard InChI is InChI=1S/C45H51N2.4C2H6/c1-8-31(2)28-29-47-39-25-23-35-17-10-12-19-37(35)43(39)45(5,6)41(47)27-21-33-15-13-14-32(30-33)20-26-40-44(3,4)42-36-18-11-9-16-34(36)22-24-38(42)46(40)7;4*1-2/h9-12,16-27,30-31H,8,13-15,28-29H2,1-7H3;4*1-2H3/q+1;;;;. The lowest BCUT2D eigenvalue weighted by Gasteiger charge is -2.28. The van der Waals surface area contributed by atoms with Crippen LogP contribution in [-0.2, 0) is 10.8 Å². The van der Waals surface area contributed by atoms with Crippen molar-refractivity contribution in [3.8, 4) is 0 Å². The maximum absolute atomic E-state index is 2.63. The number of rotatable bonds is 7. The molecule has 0 radical (unpaired) electrons. The number of hydrogen-bond donors (Lipinski definition) is 0. The minimum atomic E-state index is -0.0711. The van der Waals surface area contributed by atoms with Crippen molar-refractivity contribution in [3.63, 3.8) is 0 Å². The fourth-order valence-corrected chi connectivity index (χ4v) is 8.54. The van der Waals surface area contributed by atoms with Crippen LogP contribution in [0.3, 0.4) is 0 Å². The van der Waals surface area contributed by atoms with E-state index in [9.17, 15) is 0 Å². The van der Waals surface area contributed by atoms with E-state index < -0.39 is 0 Å². The van der Waals surface area contributed by atoms with Crippen molar-refractivity contribution in [2.45, 2.75) is 140 Å². The van der Waals surface area contributed by atoms with Crippen molar-refractivity contribution in [1.82, 2.24) is 0 Å². The average Bonchev–Trinajstić information content (AvgIpc) is 3.58. The SMILES string of the molecule is CC.CC.CC.CC.CCC(C)CCN1/C(=C/C=C2C=C(/C=C/C3=[N+](C)c4ccc5ccccc5c4C3(C)C)CCC/2)C(C)(C)c2c1ccc1ccccc21. The third kappa shape index (κ3) is 9.28. The quantitative estimate of drug-likeness (QED) is 0.171. The highest BCUT2D eigenvalue weighted by atomic mass is 15.2. The summed E-state index contributed by atoms with van der Waals surface area (Å²) in [5, 5.41) is 5.40. The summed E-state index contributed by atoms with van der Waals surface area (Å²) in [6.45, 7) is 31.4. The van der Waals surface area contributed by atoms with E-state index in [1.807, 2.05) is 55.4 Å². The summed E-state index contributed by atoms with van der Waals surface area (Å²) in [4.78, 5) is 2.63. The van der Waals surface area contributed by atoms with Crippen LogP contribution in [0.15, 0.2) is 120 Å². The molecule has 4 aromatic carbocycles. The molecule has 1 atom stereocenters. The van der Waals surface area contributed by atoms with Crippen LogP contribution in [0.1, 0.15) is 140 Å². The molecule has 0 fully saturated rings. The minimum Gasteiger partial charge on any atom is -0.344 e. The maximum atomic E-state index is 2.63. The Labute approximate surface area is 337 Å². The van der Waals surface area contributed by atoms with E-state index >= 15 is 0 Å². The maximum Gasteiger partial charge on any atom is 0.210 e. The Morgan fingerprint density at radius 2 is 1.27 bits per heavy atom. The third-order valence-electron chi connectivity index (χ3n) is 11.4. The molecule has 3 aliphatic rings. The lowest BCUT2D eigenvalue weighted by Crippen LogP contribution is -2.27. The second-order valence-corrected chi connectivity index (χ2v) is 15.2. The molecule has 2 heterocycles. The number of fused-ring (bicyclic) bond motifs is 6. The summed E-state index contributed by atoms with van der Waals surface area (Å²) in [6, 6.07) is 27.0. The number of benzene rings is 4. The van der Waals surface area contributed by atoms with Gasteiger partial charge in [-0.1, -0.05) is 162 Å². The Bertz CT molecular complexity index is 2030. The molecular weight excluding hydrogens is 665 g/mol. The molecule has 55 heavy (non-hydrogen) atoms. The summed E-state index contributed by atoms with van der Waals surface area (Å²) in [6.07, 6.45) is 18.0. The van der Waals surface area contributed by atoms with Crippen LogP contribution in [0.25, 0.3) is 21.5 Å². The molecule has 0 aromatic heterocycles. The van der Waals surface area contributed by atoms with Gasteiger partial charge in [-0.2, -0.15) is 4.58 Å². The molecule has 0 N–H and O–H groups in total. The molecule has 2 aliphatic heterocycles. The van der Waals surface area contributed by atoms with E-state index in [1.54, 1.807) is 0 Å². The summed E-state index contributed by atoms with van der Waals surface area (Å²) >= 11 is 0. The lowest BCUT2D eigenvalue weighted by atomic mass is 9.79. The van der Waals surface area contributed by atoms with Gasteiger partial charge in [0.2, 0.25) is 5.69 Å². The number of nitrogens with zero attached hydrogens (tertiary/aromatic N) is 2. The zero-order valence-electron chi connectivity index (χ0n) is 37.5. The van der Waals surface area contributed by atoms with Gasteiger partial charge in [-0.05, 0) is 102 Å². The van der Waals surface area contributed by atoms with Gasteiger partial charge in [0.25, 0.3) is 0 Å². The molecule has 4 aromatic rings. The first-order valence-electron chi connectivity index (χ1n) is 21.8. The van der Waals surface area contributed by atoms with Crippen LogP contribution in [-0.4, -0.2) is 23.9 Å². The van der Waals surface area contributed by atoms with Crippen molar-refractivity contribution in [1.29, 1.82) is 0 Å². The fraction of sp³-hybridized carbons (Fsp3) is 0.453. The smallest absolute Gasteiger partial charge is 0.210 e. The Balaban J connectivity index is 0.000000955. The molecule has 7 rings (SSSR count). The molecular formula is C53H75N2+. The number of allylic oxidation sites excluding steroid dienone is 8. The van der Waals surface area contributed by atoms with E-state index in [1.165, 1.54) is 85.9 Å². The van der Waals surface area contributed by atoms with E-state index in [4.69, 9.17) is 0 Å². The third-order valence-corrected chi connectivity index (χ3v) is 11.4. The van der Waals surface area contributed by atoms with Gasteiger partial charge in [0.05, 0.1) is 5.41 Å². The molecule has 1 unspecified atom stereocenters. The second-order valence-electron chi connectivity index (χ2n) is 15.2. The van der Waals surface area contributed by atoms with E-state index in [0.717, 1.165) is 19.4 Å². The normalized spacial score (nSPS) is 18.3. The van der Waals surface area contributed by atoms with Crippen molar-refractivity contribution < 1.29 is 4.58 Å². The summed E-state index contributed by atoms with van der Waals surface area (Å²) in [5.74, 6) is 0.714.